The zero-order valence-corrected chi connectivity index (χ0v) is 17.6. The van der Waals surface area contributed by atoms with Gasteiger partial charge in [-0.05, 0) is 49.1 Å². The van der Waals surface area contributed by atoms with Crippen molar-refractivity contribution in [1.82, 2.24) is 0 Å². The zero-order chi connectivity index (χ0) is 20.4. The number of nitrogens with zero attached hydrogens (tertiary/aromatic N) is 1. The van der Waals surface area contributed by atoms with Gasteiger partial charge in [0.05, 0.1) is 12.3 Å². The molecule has 0 aromatic heterocycles. The van der Waals surface area contributed by atoms with Crippen molar-refractivity contribution in [2.45, 2.75) is 52.9 Å². The SMILES string of the molecule is CCOc1ccc2c(c1)N(CCN)C(=O)C2C(=O)[C@@H]1C[C@H](C)CC[C@H]1C(C)C. The molecule has 5 heteroatoms. The number of anilines is 1. The van der Waals surface area contributed by atoms with E-state index in [1.54, 1.807) is 4.90 Å². The van der Waals surface area contributed by atoms with E-state index in [4.69, 9.17) is 10.5 Å². The number of benzene rings is 1. The third-order valence-electron chi connectivity index (χ3n) is 6.45. The van der Waals surface area contributed by atoms with Crippen LogP contribution in [0, 0.1) is 23.7 Å². The molecule has 1 saturated carbocycles. The predicted molar refractivity (Wildman–Crippen MR) is 112 cm³/mol. The summed E-state index contributed by atoms with van der Waals surface area (Å²) in [6.07, 6.45) is 3.12. The molecule has 1 aromatic carbocycles. The molecule has 3 rings (SSSR count). The highest BCUT2D eigenvalue weighted by Gasteiger charge is 2.46. The molecule has 2 aliphatic rings. The third kappa shape index (κ3) is 3.82. The second kappa shape index (κ2) is 8.64. The Bertz CT molecular complexity index is 731. The Balaban J connectivity index is 1.97. The Morgan fingerprint density at radius 2 is 2.07 bits per heavy atom. The fourth-order valence-electron chi connectivity index (χ4n) is 5.04. The van der Waals surface area contributed by atoms with E-state index in [0.717, 1.165) is 29.8 Å². The molecule has 0 spiro atoms. The summed E-state index contributed by atoms with van der Waals surface area (Å²) in [6, 6.07) is 5.64. The third-order valence-corrected chi connectivity index (χ3v) is 6.45. The number of fused-ring (bicyclic) bond motifs is 1. The van der Waals surface area contributed by atoms with Crippen LogP contribution in [0.4, 0.5) is 5.69 Å². The number of rotatable bonds is 7. The Kier molecular flexibility index (Phi) is 6.43. The summed E-state index contributed by atoms with van der Waals surface area (Å²) in [5.41, 5.74) is 7.35. The Labute approximate surface area is 168 Å². The molecular weight excluding hydrogens is 352 g/mol. The van der Waals surface area contributed by atoms with Crippen molar-refractivity contribution in [2.75, 3.05) is 24.6 Å². The number of Topliss-reactive ketones (excluding diaryl/α,β-unsaturated/α-hetero) is 1. The maximum atomic E-state index is 13.7. The van der Waals surface area contributed by atoms with E-state index >= 15 is 0 Å². The molecule has 1 fully saturated rings. The lowest BCUT2D eigenvalue weighted by Gasteiger charge is -2.37. The van der Waals surface area contributed by atoms with Crippen LogP contribution in [0.3, 0.4) is 0 Å². The zero-order valence-electron chi connectivity index (χ0n) is 17.6. The van der Waals surface area contributed by atoms with E-state index in [-0.39, 0.29) is 17.6 Å². The number of amides is 1. The molecular formula is C23H34N2O3. The lowest BCUT2D eigenvalue weighted by atomic mass is 9.66. The maximum Gasteiger partial charge on any atom is 0.242 e. The number of nitrogens with two attached hydrogens (primary N) is 1. The first-order valence-corrected chi connectivity index (χ1v) is 10.7. The molecule has 1 amide bonds. The molecule has 0 radical (unpaired) electrons. The Morgan fingerprint density at radius 1 is 1.32 bits per heavy atom. The highest BCUT2D eigenvalue weighted by molar-refractivity contribution is 6.18. The molecule has 1 aromatic rings. The van der Waals surface area contributed by atoms with Gasteiger partial charge in [-0.2, -0.15) is 0 Å². The van der Waals surface area contributed by atoms with Crippen molar-refractivity contribution in [3.63, 3.8) is 0 Å². The highest BCUT2D eigenvalue weighted by atomic mass is 16.5. The van der Waals surface area contributed by atoms with Crippen LogP contribution in [-0.2, 0) is 9.59 Å². The number of hydrogen-bond acceptors (Lipinski definition) is 4. The van der Waals surface area contributed by atoms with E-state index in [2.05, 4.69) is 20.8 Å². The number of hydrogen-bond donors (Lipinski definition) is 1. The smallest absolute Gasteiger partial charge is 0.242 e. The first kappa shape index (κ1) is 20.8. The van der Waals surface area contributed by atoms with Crippen molar-refractivity contribution >= 4 is 17.4 Å². The van der Waals surface area contributed by atoms with E-state index in [1.807, 2.05) is 25.1 Å². The molecule has 5 nitrogen and oxygen atoms in total. The van der Waals surface area contributed by atoms with Gasteiger partial charge in [0, 0.05) is 25.1 Å². The van der Waals surface area contributed by atoms with Crippen LogP contribution in [0.5, 0.6) is 5.75 Å². The minimum Gasteiger partial charge on any atom is -0.494 e. The number of carbonyl (C=O) groups excluding carboxylic acids is 2. The number of ketones is 1. The van der Waals surface area contributed by atoms with Crippen molar-refractivity contribution < 1.29 is 14.3 Å². The van der Waals surface area contributed by atoms with Gasteiger partial charge in [0.1, 0.15) is 11.7 Å². The lowest BCUT2D eigenvalue weighted by molar-refractivity contribution is -0.133. The van der Waals surface area contributed by atoms with Crippen LogP contribution in [0.2, 0.25) is 0 Å². The minimum absolute atomic E-state index is 0.0463. The Morgan fingerprint density at radius 3 is 2.71 bits per heavy atom. The second-order valence-corrected chi connectivity index (χ2v) is 8.70. The summed E-state index contributed by atoms with van der Waals surface area (Å²) in [5, 5.41) is 0. The first-order valence-electron chi connectivity index (χ1n) is 10.7. The quantitative estimate of drug-likeness (QED) is 0.724. The number of carbonyl (C=O) groups is 2. The minimum atomic E-state index is -0.700. The second-order valence-electron chi connectivity index (χ2n) is 8.70. The van der Waals surface area contributed by atoms with Gasteiger partial charge in [-0.25, -0.2) is 0 Å². The van der Waals surface area contributed by atoms with Crippen LogP contribution in [0.1, 0.15) is 58.4 Å². The summed E-state index contributed by atoms with van der Waals surface area (Å²) in [4.78, 5) is 28.6. The summed E-state index contributed by atoms with van der Waals surface area (Å²) in [6.45, 7) is 9.87. The van der Waals surface area contributed by atoms with Gasteiger partial charge in [-0.3, -0.25) is 9.59 Å². The predicted octanol–water partition coefficient (Wildman–Crippen LogP) is 3.75. The van der Waals surface area contributed by atoms with E-state index in [0.29, 0.717) is 37.5 Å². The van der Waals surface area contributed by atoms with Gasteiger partial charge >= 0.3 is 0 Å². The summed E-state index contributed by atoms with van der Waals surface area (Å²) >= 11 is 0. The molecule has 1 aliphatic heterocycles. The fourth-order valence-corrected chi connectivity index (χ4v) is 5.04. The molecule has 2 N–H and O–H groups in total. The van der Waals surface area contributed by atoms with E-state index in [9.17, 15) is 9.59 Å². The fraction of sp³-hybridized carbons (Fsp3) is 0.652. The normalized spacial score (nSPS) is 27.2. The molecule has 1 heterocycles. The van der Waals surface area contributed by atoms with Crippen LogP contribution >= 0.6 is 0 Å². The van der Waals surface area contributed by atoms with E-state index < -0.39 is 5.92 Å². The monoisotopic (exact) mass is 386 g/mol. The summed E-state index contributed by atoms with van der Waals surface area (Å²) < 4.78 is 5.61. The van der Waals surface area contributed by atoms with Gasteiger partial charge in [0.25, 0.3) is 0 Å². The van der Waals surface area contributed by atoms with Crippen LogP contribution < -0.4 is 15.4 Å². The van der Waals surface area contributed by atoms with Gasteiger partial charge in [-0.1, -0.05) is 33.3 Å². The molecule has 154 valence electrons. The largest absolute Gasteiger partial charge is 0.494 e. The first-order chi connectivity index (χ1) is 13.4. The summed E-state index contributed by atoms with van der Waals surface area (Å²) in [5.74, 6) is 1.27. The molecule has 0 saturated heterocycles. The Hall–Kier alpha value is -1.88. The summed E-state index contributed by atoms with van der Waals surface area (Å²) in [7, 11) is 0. The van der Waals surface area contributed by atoms with Crippen LogP contribution in [-0.4, -0.2) is 31.4 Å². The van der Waals surface area contributed by atoms with Crippen molar-refractivity contribution in [3.8, 4) is 5.75 Å². The van der Waals surface area contributed by atoms with Crippen LogP contribution in [0.15, 0.2) is 18.2 Å². The van der Waals surface area contributed by atoms with Gasteiger partial charge in [0.15, 0.2) is 5.78 Å². The number of ether oxygens (including phenoxy) is 1. The topological polar surface area (TPSA) is 72.6 Å². The van der Waals surface area contributed by atoms with Crippen LogP contribution in [0.25, 0.3) is 0 Å². The highest BCUT2D eigenvalue weighted by Crippen LogP contribution is 2.46. The molecule has 1 unspecified atom stereocenters. The maximum absolute atomic E-state index is 13.7. The van der Waals surface area contributed by atoms with Gasteiger partial charge < -0.3 is 15.4 Å². The lowest BCUT2D eigenvalue weighted by Crippen LogP contribution is -2.40. The molecule has 4 atom stereocenters. The van der Waals surface area contributed by atoms with Crippen molar-refractivity contribution in [1.29, 1.82) is 0 Å². The van der Waals surface area contributed by atoms with E-state index in [1.165, 1.54) is 6.42 Å². The molecule has 28 heavy (non-hydrogen) atoms. The van der Waals surface area contributed by atoms with Gasteiger partial charge in [0.2, 0.25) is 5.91 Å². The van der Waals surface area contributed by atoms with Gasteiger partial charge in [-0.15, -0.1) is 0 Å². The molecule has 1 aliphatic carbocycles. The van der Waals surface area contributed by atoms with Crippen molar-refractivity contribution in [3.05, 3.63) is 23.8 Å². The average Bonchev–Trinajstić information content (AvgIpc) is 2.93. The average molecular weight is 387 g/mol. The standard InChI is InChI=1S/C23H34N2O3/c1-5-28-16-7-9-18-20(13-16)25(11-10-24)23(27)21(18)22(26)19-12-15(4)6-8-17(19)14(2)3/h7,9,13-15,17,19,21H,5-6,8,10-12,24H2,1-4H3/t15-,17+,19-,21?/m1/s1. The molecule has 0 bridgehead atoms. The van der Waals surface area contributed by atoms with Crippen molar-refractivity contribution in [2.24, 2.45) is 29.4 Å².